The molecular weight excluding hydrogens is 318 g/mol. The minimum Gasteiger partial charge on any atom is -0.389 e. The normalized spacial score (nSPS) is 13.1. The van der Waals surface area contributed by atoms with Crippen LogP contribution in [-0.4, -0.2) is 34.6 Å². The molecule has 0 fully saturated rings. The van der Waals surface area contributed by atoms with E-state index in [0.29, 0.717) is 19.5 Å². The number of rotatable bonds is 6. The van der Waals surface area contributed by atoms with Crippen LogP contribution in [-0.2, 0) is 4.79 Å². The fourth-order valence-corrected chi connectivity index (χ4v) is 2.41. The number of aliphatic hydroxyl groups is 1. The van der Waals surface area contributed by atoms with Gasteiger partial charge in [-0.2, -0.15) is 0 Å². The van der Waals surface area contributed by atoms with Crippen molar-refractivity contribution in [3.8, 4) is 0 Å². The van der Waals surface area contributed by atoms with Gasteiger partial charge in [0.05, 0.1) is 5.60 Å². The molecule has 1 N–H and O–H groups in total. The zero-order valence-electron chi connectivity index (χ0n) is 12.7. The average Bonchev–Trinajstić information content (AvgIpc) is 2.35. The lowest BCUT2D eigenvalue weighted by molar-refractivity contribution is -0.134. The molecule has 112 valence electrons. The summed E-state index contributed by atoms with van der Waals surface area (Å²) in [5.41, 5.74) is 0.299. The Labute approximate surface area is 130 Å². The van der Waals surface area contributed by atoms with Crippen molar-refractivity contribution >= 4 is 21.8 Å². The maximum atomic E-state index is 12.3. The van der Waals surface area contributed by atoms with Crippen molar-refractivity contribution in [2.75, 3.05) is 13.1 Å². The minimum atomic E-state index is -0.855. The Bertz CT molecular complexity index is 437. The highest BCUT2D eigenvalue weighted by Crippen LogP contribution is 2.22. The molecule has 0 aliphatic rings. The Morgan fingerprint density at radius 2 is 1.90 bits per heavy atom. The fourth-order valence-electron chi connectivity index (χ4n) is 2.14. The van der Waals surface area contributed by atoms with E-state index in [4.69, 9.17) is 0 Å². The summed E-state index contributed by atoms with van der Waals surface area (Å²) in [6.45, 7) is 8.43. The molecule has 3 nitrogen and oxygen atoms in total. The number of hydrogen-bond acceptors (Lipinski definition) is 2. The van der Waals surface area contributed by atoms with Gasteiger partial charge in [0.25, 0.3) is 0 Å². The third kappa shape index (κ3) is 5.63. The first-order chi connectivity index (χ1) is 9.23. The molecule has 0 radical (unpaired) electrons. The molecule has 1 unspecified atom stereocenters. The molecule has 0 aliphatic heterocycles. The number of benzene rings is 1. The summed E-state index contributed by atoms with van der Waals surface area (Å²) < 4.78 is 1.04. The van der Waals surface area contributed by atoms with Gasteiger partial charge in [-0.15, -0.1) is 0 Å². The van der Waals surface area contributed by atoms with Gasteiger partial charge < -0.3 is 10.0 Å². The van der Waals surface area contributed by atoms with Crippen molar-refractivity contribution in [3.63, 3.8) is 0 Å². The zero-order valence-corrected chi connectivity index (χ0v) is 14.3. The van der Waals surface area contributed by atoms with Gasteiger partial charge in [-0.3, -0.25) is 4.79 Å². The van der Waals surface area contributed by atoms with Gasteiger partial charge in [-0.05, 0) is 44.4 Å². The van der Waals surface area contributed by atoms with Crippen LogP contribution in [0.1, 0.15) is 45.6 Å². The number of likely N-dealkylation sites (N-methyl/N-ethyl adjacent to an activating group) is 1. The Morgan fingerprint density at radius 1 is 1.35 bits per heavy atom. The fraction of sp³-hybridized carbons (Fsp3) is 0.562. The monoisotopic (exact) mass is 341 g/mol. The van der Waals surface area contributed by atoms with Crippen LogP contribution in [0.2, 0.25) is 0 Å². The standard InChI is InChI=1S/C16H24BrNO2/c1-5-18(11-16(3,4)20)15(19)10-12(2)13-6-8-14(17)9-7-13/h6-9,12,20H,5,10-11H2,1-4H3. The molecule has 0 spiro atoms. The van der Waals surface area contributed by atoms with Crippen molar-refractivity contribution in [3.05, 3.63) is 34.3 Å². The number of halogens is 1. The van der Waals surface area contributed by atoms with Crippen LogP contribution in [0.4, 0.5) is 0 Å². The van der Waals surface area contributed by atoms with Crippen molar-refractivity contribution in [1.29, 1.82) is 0 Å². The van der Waals surface area contributed by atoms with Gasteiger partial charge in [0, 0.05) is 24.0 Å². The Hall–Kier alpha value is -0.870. The van der Waals surface area contributed by atoms with Gasteiger partial charge in [0.15, 0.2) is 0 Å². The van der Waals surface area contributed by atoms with Crippen molar-refractivity contribution in [2.45, 2.75) is 45.6 Å². The molecule has 0 bridgehead atoms. The second-order valence-corrected chi connectivity index (χ2v) is 6.79. The van der Waals surface area contributed by atoms with Crippen LogP contribution in [0, 0.1) is 0 Å². The molecule has 1 amide bonds. The van der Waals surface area contributed by atoms with Crippen molar-refractivity contribution in [2.24, 2.45) is 0 Å². The quantitative estimate of drug-likeness (QED) is 0.859. The summed E-state index contributed by atoms with van der Waals surface area (Å²) in [5, 5.41) is 9.85. The maximum absolute atomic E-state index is 12.3. The van der Waals surface area contributed by atoms with E-state index in [2.05, 4.69) is 22.9 Å². The Morgan fingerprint density at radius 3 is 2.35 bits per heavy atom. The molecule has 0 heterocycles. The van der Waals surface area contributed by atoms with Crippen LogP contribution in [0.15, 0.2) is 28.7 Å². The number of carbonyl (C=O) groups excluding carboxylic acids is 1. The lowest BCUT2D eigenvalue weighted by atomic mass is 9.97. The van der Waals surface area contributed by atoms with Gasteiger partial charge >= 0.3 is 0 Å². The lowest BCUT2D eigenvalue weighted by Crippen LogP contribution is -2.42. The molecule has 0 saturated heterocycles. The van der Waals surface area contributed by atoms with Crippen LogP contribution in [0.3, 0.4) is 0 Å². The van der Waals surface area contributed by atoms with Crippen LogP contribution in [0.25, 0.3) is 0 Å². The van der Waals surface area contributed by atoms with Crippen molar-refractivity contribution < 1.29 is 9.90 Å². The molecule has 0 aliphatic carbocycles. The predicted octanol–water partition coefficient (Wildman–Crippen LogP) is 3.56. The highest BCUT2D eigenvalue weighted by molar-refractivity contribution is 9.10. The SMILES string of the molecule is CCN(CC(C)(C)O)C(=O)CC(C)c1ccc(Br)cc1. The van der Waals surface area contributed by atoms with E-state index in [0.717, 1.165) is 10.0 Å². The molecule has 1 aromatic carbocycles. The van der Waals surface area contributed by atoms with Gasteiger partial charge in [-0.1, -0.05) is 35.0 Å². The molecule has 1 rings (SSSR count). The first kappa shape index (κ1) is 17.2. The van der Waals surface area contributed by atoms with E-state index in [1.54, 1.807) is 18.7 Å². The predicted molar refractivity (Wildman–Crippen MR) is 85.7 cm³/mol. The van der Waals surface area contributed by atoms with Crippen LogP contribution < -0.4 is 0 Å². The largest absolute Gasteiger partial charge is 0.389 e. The lowest BCUT2D eigenvalue weighted by Gasteiger charge is -2.29. The van der Waals surface area contributed by atoms with Gasteiger partial charge in [-0.25, -0.2) is 0 Å². The molecule has 0 saturated carbocycles. The van der Waals surface area contributed by atoms with Crippen LogP contribution >= 0.6 is 15.9 Å². The first-order valence-corrected chi connectivity index (χ1v) is 7.78. The number of carbonyl (C=O) groups is 1. The molecule has 1 aromatic rings. The molecule has 1 atom stereocenters. The molecule has 4 heteroatoms. The van der Waals surface area contributed by atoms with Crippen LogP contribution in [0.5, 0.6) is 0 Å². The number of nitrogens with zero attached hydrogens (tertiary/aromatic N) is 1. The highest BCUT2D eigenvalue weighted by Gasteiger charge is 2.22. The average molecular weight is 342 g/mol. The minimum absolute atomic E-state index is 0.0880. The first-order valence-electron chi connectivity index (χ1n) is 6.98. The van der Waals surface area contributed by atoms with E-state index in [1.807, 2.05) is 31.2 Å². The Kier molecular flexibility index (Phi) is 6.21. The second-order valence-electron chi connectivity index (χ2n) is 5.88. The number of amides is 1. The summed E-state index contributed by atoms with van der Waals surface area (Å²) in [6, 6.07) is 8.05. The van der Waals surface area contributed by atoms with E-state index in [1.165, 1.54) is 0 Å². The summed E-state index contributed by atoms with van der Waals surface area (Å²) in [4.78, 5) is 14.0. The van der Waals surface area contributed by atoms with Crippen molar-refractivity contribution in [1.82, 2.24) is 4.90 Å². The maximum Gasteiger partial charge on any atom is 0.223 e. The third-order valence-electron chi connectivity index (χ3n) is 3.23. The summed E-state index contributed by atoms with van der Waals surface area (Å²) in [6.07, 6.45) is 0.464. The van der Waals surface area contributed by atoms with E-state index >= 15 is 0 Å². The van der Waals surface area contributed by atoms with E-state index < -0.39 is 5.60 Å². The molecule has 20 heavy (non-hydrogen) atoms. The summed E-state index contributed by atoms with van der Waals surface area (Å²) in [5.74, 6) is 0.261. The topological polar surface area (TPSA) is 40.5 Å². The second kappa shape index (κ2) is 7.23. The molecular formula is C16H24BrNO2. The summed E-state index contributed by atoms with van der Waals surface area (Å²) in [7, 11) is 0. The molecule has 0 aromatic heterocycles. The summed E-state index contributed by atoms with van der Waals surface area (Å²) >= 11 is 3.41. The van der Waals surface area contributed by atoms with Gasteiger partial charge in [0.1, 0.15) is 0 Å². The Balaban J connectivity index is 2.66. The third-order valence-corrected chi connectivity index (χ3v) is 3.76. The van der Waals surface area contributed by atoms with Gasteiger partial charge in [0.2, 0.25) is 5.91 Å². The zero-order chi connectivity index (χ0) is 15.3. The highest BCUT2D eigenvalue weighted by atomic mass is 79.9. The van der Waals surface area contributed by atoms with E-state index in [-0.39, 0.29) is 11.8 Å². The van der Waals surface area contributed by atoms with E-state index in [9.17, 15) is 9.90 Å². The number of hydrogen-bond donors (Lipinski definition) is 1. The smallest absolute Gasteiger partial charge is 0.223 e.